The lowest BCUT2D eigenvalue weighted by Gasteiger charge is -2.36. The first-order chi connectivity index (χ1) is 15.6. The third kappa shape index (κ3) is 4.01. The summed E-state index contributed by atoms with van der Waals surface area (Å²) in [5.41, 5.74) is 2.69. The van der Waals surface area contributed by atoms with Crippen LogP contribution in [0.15, 0.2) is 71.1 Å². The number of rotatable bonds is 4. The molecule has 1 fully saturated rings. The second kappa shape index (κ2) is 8.76. The monoisotopic (exact) mass is 464 g/mol. The highest BCUT2D eigenvalue weighted by Crippen LogP contribution is 2.31. The van der Waals surface area contributed by atoms with E-state index in [1.165, 1.54) is 22.2 Å². The first-order valence-corrected chi connectivity index (χ1v) is 11.7. The van der Waals surface area contributed by atoms with Crippen molar-refractivity contribution in [3.05, 3.63) is 81.7 Å². The van der Waals surface area contributed by atoms with Crippen molar-refractivity contribution in [2.24, 2.45) is 0 Å². The first kappa shape index (κ1) is 20.7. The number of para-hydroxylation sites is 1. The molecule has 1 aliphatic heterocycles. The molecule has 32 heavy (non-hydrogen) atoms. The van der Waals surface area contributed by atoms with Crippen LogP contribution in [0.5, 0.6) is 0 Å². The van der Waals surface area contributed by atoms with E-state index < -0.39 is 0 Å². The minimum atomic E-state index is -0.197. The molecule has 162 valence electrons. The largest absolute Gasteiger partial charge is 0.368 e. The molecule has 0 radical (unpaired) electrons. The SMILES string of the molecule is O=C(Cn1cnc2scc(-c3ccc(Cl)cc3)c2c1=O)N1CCN(c2ccccc2)CC1. The van der Waals surface area contributed by atoms with Crippen LogP contribution in [0.1, 0.15) is 0 Å². The van der Waals surface area contributed by atoms with Crippen LogP contribution in [0.25, 0.3) is 21.3 Å². The van der Waals surface area contributed by atoms with Crippen LogP contribution in [0.4, 0.5) is 5.69 Å². The Morgan fingerprint density at radius 3 is 2.44 bits per heavy atom. The Morgan fingerprint density at radius 1 is 1.00 bits per heavy atom. The van der Waals surface area contributed by atoms with E-state index in [9.17, 15) is 9.59 Å². The fourth-order valence-electron chi connectivity index (χ4n) is 4.02. The number of carbonyl (C=O) groups excluding carboxylic acids is 1. The van der Waals surface area contributed by atoms with Crippen molar-refractivity contribution in [3.63, 3.8) is 0 Å². The van der Waals surface area contributed by atoms with Crippen LogP contribution >= 0.6 is 22.9 Å². The summed E-state index contributed by atoms with van der Waals surface area (Å²) in [7, 11) is 0. The molecular formula is C24H21ClN4O2S. The summed E-state index contributed by atoms with van der Waals surface area (Å²) in [6.07, 6.45) is 1.48. The molecule has 0 aliphatic carbocycles. The summed E-state index contributed by atoms with van der Waals surface area (Å²) in [6, 6.07) is 17.6. The van der Waals surface area contributed by atoms with Crippen molar-refractivity contribution in [1.29, 1.82) is 0 Å². The minimum Gasteiger partial charge on any atom is -0.368 e. The van der Waals surface area contributed by atoms with Crippen molar-refractivity contribution < 1.29 is 4.79 Å². The topological polar surface area (TPSA) is 58.4 Å². The Balaban J connectivity index is 1.34. The van der Waals surface area contributed by atoms with E-state index >= 15 is 0 Å². The third-order valence-corrected chi connectivity index (χ3v) is 6.91. The Hall–Kier alpha value is -3.16. The molecule has 6 nitrogen and oxygen atoms in total. The molecule has 4 aromatic rings. The van der Waals surface area contributed by atoms with E-state index in [0.29, 0.717) is 28.3 Å². The quantitative estimate of drug-likeness (QED) is 0.455. The lowest BCUT2D eigenvalue weighted by molar-refractivity contribution is -0.132. The molecule has 0 N–H and O–H groups in total. The van der Waals surface area contributed by atoms with Crippen LogP contribution in [-0.4, -0.2) is 46.5 Å². The normalized spacial score (nSPS) is 14.2. The fourth-order valence-corrected chi connectivity index (χ4v) is 5.05. The zero-order valence-corrected chi connectivity index (χ0v) is 18.9. The number of fused-ring (bicyclic) bond motifs is 1. The number of nitrogens with zero attached hydrogens (tertiary/aromatic N) is 4. The standard InChI is InChI=1S/C24H21ClN4O2S/c25-18-8-6-17(7-9-18)20-15-32-23-22(20)24(31)29(16-26-23)14-21(30)28-12-10-27(11-13-28)19-4-2-1-3-5-19/h1-9,15-16H,10-14H2. The lowest BCUT2D eigenvalue weighted by atomic mass is 10.1. The molecule has 0 spiro atoms. The van der Waals surface area contributed by atoms with Crippen molar-refractivity contribution in [1.82, 2.24) is 14.5 Å². The molecule has 0 bridgehead atoms. The van der Waals surface area contributed by atoms with Gasteiger partial charge in [0.2, 0.25) is 5.91 Å². The second-order valence-corrected chi connectivity index (χ2v) is 9.01. The van der Waals surface area contributed by atoms with Crippen LogP contribution in [0.3, 0.4) is 0 Å². The van der Waals surface area contributed by atoms with Gasteiger partial charge in [-0.2, -0.15) is 0 Å². The summed E-state index contributed by atoms with van der Waals surface area (Å²) in [5.74, 6) is -0.0655. The molecule has 0 atom stereocenters. The molecule has 1 amide bonds. The Labute approximate surface area is 194 Å². The number of hydrogen-bond donors (Lipinski definition) is 0. The van der Waals surface area contributed by atoms with Crippen LogP contribution in [0, 0.1) is 0 Å². The van der Waals surface area contributed by atoms with Crippen LogP contribution in [-0.2, 0) is 11.3 Å². The Kier molecular flexibility index (Phi) is 5.68. The van der Waals surface area contributed by atoms with E-state index in [1.807, 2.05) is 40.6 Å². The smallest absolute Gasteiger partial charge is 0.263 e. The van der Waals surface area contributed by atoms with Gasteiger partial charge in [0.05, 0.1) is 11.7 Å². The van der Waals surface area contributed by atoms with Gasteiger partial charge in [0.15, 0.2) is 0 Å². The van der Waals surface area contributed by atoms with Gasteiger partial charge >= 0.3 is 0 Å². The van der Waals surface area contributed by atoms with Crippen LogP contribution < -0.4 is 10.5 Å². The number of piperazine rings is 1. The van der Waals surface area contributed by atoms with Gasteiger partial charge in [-0.3, -0.25) is 14.2 Å². The molecule has 1 saturated heterocycles. The minimum absolute atomic E-state index is 0.0109. The summed E-state index contributed by atoms with van der Waals surface area (Å²) in [5, 5.41) is 3.11. The number of benzene rings is 2. The zero-order valence-electron chi connectivity index (χ0n) is 17.3. The summed E-state index contributed by atoms with van der Waals surface area (Å²) in [4.78, 5) is 35.4. The maximum Gasteiger partial charge on any atom is 0.263 e. The highest BCUT2D eigenvalue weighted by molar-refractivity contribution is 7.17. The van der Waals surface area contributed by atoms with Crippen molar-refractivity contribution in [3.8, 4) is 11.1 Å². The molecule has 8 heteroatoms. The van der Waals surface area contributed by atoms with Crippen LogP contribution in [0.2, 0.25) is 5.02 Å². The predicted molar refractivity (Wildman–Crippen MR) is 130 cm³/mol. The zero-order chi connectivity index (χ0) is 22.1. The van der Waals surface area contributed by atoms with Gasteiger partial charge in [0, 0.05) is 47.8 Å². The van der Waals surface area contributed by atoms with Gasteiger partial charge in [-0.25, -0.2) is 4.98 Å². The van der Waals surface area contributed by atoms with Gasteiger partial charge in [-0.05, 0) is 29.8 Å². The van der Waals surface area contributed by atoms with Gasteiger partial charge < -0.3 is 9.80 Å². The number of thiophene rings is 1. The van der Waals surface area contributed by atoms with Gasteiger partial charge in [0.25, 0.3) is 5.56 Å². The van der Waals surface area contributed by atoms with E-state index in [4.69, 9.17) is 11.6 Å². The Bertz CT molecular complexity index is 1310. The fraction of sp³-hybridized carbons (Fsp3) is 0.208. The summed E-state index contributed by atoms with van der Waals surface area (Å²) >= 11 is 7.42. The van der Waals surface area contributed by atoms with Crippen molar-refractivity contribution >= 4 is 44.7 Å². The molecule has 0 saturated carbocycles. The Morgan fingerprint density at radius 2 is 1.72 bits per heavy atom. The first-order valence-electron chi connectivity index (χ1n) is 10.4. The van der Waals surface area contributed by atoms with Gasteiger partial charge in [-0.15, -0.1) is 11.3 Å². The average Bonchev–Trinajstić information content (AvgIpc) is 3.27. The van der Waals surface area contributed by atoms with Gasteiger partial charge in [-0.1, -0.05) is 41.9 Å². The maximum absolute atomic E-state index is 13.2. The van der Waals surface area contributed by atoms with Crippen molar-refractivity contribution in [2.45, 2.75) is 6.54 Å². The van der Waals surface area contributed by atoms with E-state index in [-0.39, 0.29) is 18.0 Å². The van der Waals surface area contributed by atoms with E-state index in [1.54, 1.807) is 12.1 Å². The number of hydrogen-bond acceptors (Lipinski definition) is 5. The average molecular weight is 465 g/mol. The molecule has 2 aromatic heterocycles. The highest BCUT2D eigenvalue weighted by Gasteiger charge is 2.22. The molecule has 0 unspecified atom stereocenters. The molecule has 5 rings (SSSR count). The van der Waals surface area contributed by atoms with Gasteiger partial charge in [0.1, 0.15) is 11.4 Å². The summed E-state index contributed by atoms with van der Waals surface area (Å²) in [6.45, 7) is 2.79. The second-order valence-electron chi connectivity index (χ2n) is 7.72. The third-order valence-electron chi connectivity index (χ3n) is 5.78. The van der Waals surface area contributed by atoms with Crippen molar-refractivity contribution in [2.75, 3.05) is 31.1 Å². The highest BCUT2D eigenvalue weighted by atomic mass is 35.5. The number of aromatic nitrogens is 2. The predicted octanol–water partition coefficient (Wildman–Crippen LogP) is 4.13. The molecule has 2 aromatic carbocycles. The number of halogens is 1. The number of carbonyl (C=O) groups is 1. The maximum atomic E-state index is 13.2. The van der Waals surface area contributed by atoms with E-state index in [2.05, 4.69) is 22.0 Å². The number of amides is 1. The van der Waals surface area contributed by atoms with E-state index in [0.717, 1.165) is 29.9 Å². The number of anilines is 1. The molecule has 3 heterocycles. The molecular weight excluding hydrogens is 444 g/mol. The molecule has 1 aliphatic rings. The lowest BCUT2D eigenvalue weighted by Crippen LogP contribution is -2.50. The summed E-state index contributed by atoms with van der Waals surface area (Å²) < 4.78 is 1.42.